The van der Waals surface area contributed by atoms with E-state index in [1.54, 1.807) is 18.7 Å². The molecule has 3 aliphatic rings. The molecule has 0 saturated heterocycles. The molecule has 0 unspecified atom stereocenters. The molecule has 0 bridgehead atoms. The molecule has 3 heterocycles. The van der Waals surface area contributed by atoms with Gasteiger partial charge in [0, 0.05) is 11.1 Å². The average molecular weight is 421 g/mol. The number of hydrogen-bond donors (Lipinski definition) is 1. The molecule has 7 nitrogen and oxygen atoms in total. The van der Waals surface area contributed by atoms with Gasteiger partial charge in [-0.15, -0.1) is 0 Å². The molecule has 1 amide bonds. The van der Waals surface area contributed by atoms with Crippen LogP contribution in [0.5, 0.6) is 0 Å². The van der Waals surface area contributed by atoms with Gasteiger partial charge in [0.05, 0.1) is 12.3 Å². The van der Waals surface area contributed by atoms with Crippen molar-refractivity contribution in [3.8, 4) is 6.07 Å². The van der Waals surface area contributed by atoms with E-state index in [0.29, 0.717) is 5.56 Å². The lowest BCUT2D eigenvalue weighted by molar-refractivity contribution is -0.141. The second-order valence-corrected chi connectivity index (χ2v) is 9.11. The van der Waals surface area contributed by atoms with Crippen LogP contribution in [0.1, 0.15) is 63.6 Å². The van der Waals surface area contributed by atoms with E-state index in [2.05, 4.69) is 13.0 Å². The molecular weight excluding hydrogens is 394 g/mol. The second kappa shape index (κ2) is 6.61. The van der Waals surface area contributed by atoms with Gasteiger partial charge in [0.25, 0.3) is 0 Å². The number of carbonyl (C=O) groups is 2. The highest BCUT2D eigenvalue weighted by molar-refractivity contribution is 6.20. The van der Waals surface area contributed by atoms with Gasteiger partial charge in [-0.25, -0.2) is 4.79 Å². The third-order valence-corrected chi connectivity index (χ3v) is 6.68. The first-order valence-corrected chi connectivity index (χ1v) is 10.5. The van der Waals surface area contributed by atoms with Crippen molar-refractivity contribution in [2.24, 2.45) is 5.73 Å². The predicted molar refractivity (Wildman–Crippen MR) is 115 cm³/mol. The van der Waals surface area contributed by atoms with E-state index in [4.69, 9.17) is 15.2 Å². The number of nitriles is 1. The second-order valence-electron chi connectivity index (χ2n) is 9.11. The zero-order chi connectivity index (χ0) is 22.9. The van der Waals surface area contributed by atoms with Crippen LogP contribution in [0.4, 0.5) is 5.69 Å². The Morgan fingerprint density at radius 3 is 2.68 bits per heavy atom. The zero-order valence-electron chi connectivity index (χ0n) is 18.8. The van der Waals surface area contributed by atoms with Crippen LogP contribution in [0.2, 0.25) is 0 Å². The molecule has 31 heavy (non-hydrogen) atoms. The minimum absolute atomic E-state index is 0.0273. The number of benzene rings is 1. The SMILES string of the molecule is CCOC(=O)C1=C(C)OC(N)=C(C#N)[C@]12C(=O)N1c3c(ccc(C)c32)[C@H](C)CC1(C)C. The number of nitrogens with zero attached hydrogens (tertiary/aromatic N) is 2. The molecule has 0 radical (unpaired) electrons. The van der Waals surface area contributed by atoms with Gasteiger partial charge in [0.2, 0.25) is 11.8 Å². The number of amides is 1. The standard InChI is InChI=1S/C24H27N3O4/c1-7-30-21(28)18-14(4)31-20(26)16(11-25)24(18)17-12(2)8-9-15-13(3)10-23(5,6)27(19(15)17)22(24)29/h8-9,13H,7,10,26H2,1-6H3/t13-,24-/m1/s1. The highest BCUT2D eigenvalue weighted by atomic mass is 16.5. The van der Waals surface area contributed by atoms with E-state index in [1.165, 1.54) is 0 Å². The maximum Gasteiger partial charge on any atom is 0.339 e. The van der Waals surface area contributed by atoms with E-state index >= 15 is 0 Å². The number of aryl methyl sites for hydroxylation is 1. The Balaban J connectivity index is 2.20. The van der Waals surface area contributed by atoms with Crippen LogP contribution >= 0.6 is 0 Å². The number of carbonyl (C=O) groups excluding carboxylic acids is 2. The topological polar surface area (TPSA) is 106 Å². The van der Waals surface area contributed by atoms with E-state index in [9.17, 15) is 14.9 Å². The van der Waals surface area contributed by atoms with E-state index in [1.807, 2.05) is 32.9 Å². The molecule has 1 aromatic carbocycles. The van der Waals surface area contributed by atoms with Crippen molar-refractivity contribution >= 4 is 17.6 Å². The quantitative estimate of drug-likeness (QED) is 0.734. The Kier molecular flexibility index (Phi) is 4.48. The summed E-state index contributed by atoms with van der Waals surface area (Å²) in [6.45, 7) is 11.4. The highest BCUT2D eigenvalue weighted by Crippen LogP contribution is 2.60. The van der Waals surface area contributed by atoms with Crippen molar-refractivity contribution in [2.75, 3.05) is 11.5 Å². The van der Waals surface area contributed by atoms with Crippen molar-refractivity contribution in [2.45, 2.75) is 64.8 Å². The maximum absolute atomic E-state index is 14.4. The molecule has 0 aromatic heterocycles. The number of anilines is 1. The Morgan fingerprint density at radius 2 is 2.06 bits per heavy atom. The summed E-state index contributed by atoms with van der Waals surface area (Å²) in [5.74, 6) is -0.835. The number of esters is 1. The van der Waals surface area contributed by atoms with Gasteiger partial charge in [0.1, 0.15) is 23.0 Å². The minimum Gasteiger partial charge on any atom is -0.462 e. The van der Waals surface area contributed by atoms with Crippen LogP contribution in [0.3, 0.4) is 0 Å². The van der Waals surface area contributed by atoms with Crippen LogP contribution in [0.25, 0.3) is 0 Å². The number of hydrogen-bond acceptors (Lipinski definition) is 6. The third kappa shape index (κ3) is 2.45. The van der Waals surface area contributed by atoms with Gasteiger partial charge in [-0.1, -0.05) is 19.1 Å². The molecular formula is C24H27N3O4. The first-order valence-electron chi connectivity index (χ1n) is 10.5. The van der Waals surface area contributed by atoms with Crippen molar-refractivity contribution < 1.29 is 19.1 Å². The van der Waals surface area contributed by atoms with Crippen molar-refractivity contribution in [1.82, 2.24) is 0 Å². The van der Waals surface area contributed by atoms with Gasteiger partial charge in [-0.2, -0.15) is 5.26 Å². The maximum atomic E-state index is 14.4. The molecule has 4 rings (SSSR count). The number of allylic oxidation sites excluding steroid dienone is 1. The number of fused-ring (bicyclic) bond motifs is 1. The molecule has 1 aromatic rings. The van der Waals surface area contributed by atoms with Crippen LogP contribution in [-0.2, 0) is 24.5 Å². The van der Waals surface area contributed by atoms with Gasteiger partial charge < -0.3 is 20.1 Å². The summed E-state index contributed by atoms with van der Waals surface area (Å²) in [6, 6.07) is 6.07. The van der Waals surface area contributed by atoms with Crippen LogP contribution < -0.4 is 10.6 Å². The zero-order valence-corrected chi connectivity index (χ0v) is 18.8. The fraction of sp³-hybridized carbons (Fsp3) is 0.458. The fourth-order valence-electron chi connectivity index (χ4n) is 5.67. The number of ether oxygens (including phenoxy) is 2. The molecule has 2 N–H and O–H groups in total. The first kappa shape index (κ1) is 21.0. The molecule has 2 atom stereocenters. The summed E-state index contributed by atoms with van der Waals surface area (Å²) in [4.78, 5) is 29.4. The molecule has 0 fully saturated rings. The average Bonchev–Trinajstić information content (AvgIpc) is 2.92. The Morgan fingerprint density at radius 1 is 1.39 bits per heavy atom. The predicted octanol–water partition coefficient (Wildman–Crippen LogP) is 3.43. The summed E-state index contributed by atoms with van der Waals surface area (Å²) < 4.78 is 10.9. The molecule has 3 aliphatic heterocycles. The van der Waals surface area contributed by atoms with Crippen LogP contribution in [0.15, 0.2) is 34.9 Å². The lowest BCUT2D eigenvalue weighted by Gasteiger charge is -2.44. The monoisotopic (exact) mass is 421 g/mol. The largest absolute Gasteiger partial charge is 0.462 e. The summed E-state index contributed by atoms with van der Waals surface area (Å²) in [5, 5.41) is 10.1. The third-order valence-electron chi connectivity index (χ3n) is 6.68. The lowest BCUT2D eigenvalue weighted by atomic mass is 9.66. The highest BCUT2D eigenvalue weighted by Gasteiger charge is 2.65. The summed E-state index contributed by atoms with van der Waals surface area (Å²) in [5.41, 5.74) is 7.12. The summed E-state index contributed by atoms with van der Waals surface area (Å²) >= 11 is 0. The van der Waals surface area contributed by atoms with Crippen molar-refractivity contribution in [3.63, 3.8) is 0 Å². The Hall–Kier alpha value is -3.27. The van der Waals surface area contributed by atoms with Crippen LogP contribution in [-0.4, -0.2) is 24.0 Å². The van der Waals surface area contributed by atoms with E-state index < -0.39 is 16.9 Å². The number of nitrogens with two attached hydrogens (primary N) is 1. The lowest BCUT2D eigenvalue weighted by Crippen LogP contribution is -2.55. The Labute approximate surface area is 182 Å². The fourth-order valence-corrected chi connectivity index (χ4v) is 5.67. The normalized spacial score (nSPS) is 26.0. The minimum atomic E-state index is -1.69. The molecule has 162 valence electrons. The van der Waals surface area contributed by atoms with Gasteiger partial charge in [-0.3, -0.25) is 4.79 Å². The van der Waals surface area contributed by atoms with E-state index in [0.717, 1.165) is 23.2 Å². The summed E-state index contributed by atoms with van der Waals surface area (Å²) in [6.07, 6.45) is 0.749. The van der Waals surface area contributed by atoms with Crippen molar-refractivity contribution in [1.29, 1.82) is 5.26 Å². The first-order chi connectivity index (χ1) is 14.5. The smallest absolute Gasteiger partial charge is 0.339 e. The molecule has 7 heteroatoms. The Bertz CT molecular complexity index is 1140. The summed E-state index contributed by atoms with van der Waals surface area (Å²) in [7, 11) is 0. The molecule has 0 saturated carbocycles. The van der Waals surface area contributed by atoms with E-state index in [-0.39, 0.29) is 41.2 Å². The van der Waals surface area contributed by atoms with Gasteiger partial charge >= 0.3 is 5.97 Å². The molecule has 1 spiro atoms. The molecule has 0 aliphatic carbocycles. The van der Waals surface area contributed by atoms with Gasteiger partial charge in [-0.05, 0) is 58.1 Å². The van der Waals surface area contributed by atoms with Gasteiger partial charge in [0.15, 0.2) is 5.41 Å². The van der Waals surface area contributed by atoms with Crippen molar-refractivity contribution in [3.05, 3.63) is 51.6 Å². The number of rotatable bonds is 2. The van der Waals surface area contributed by atoms with Crippen LogP contribution in [0, 0.1) is 18.3 Å².